The molecule has 0 bridgehead atoms. The second kappa shape index (κ2) is 7.20. The van der Waals surface area contributed by atoms with Crippen molar-refractivity contribution in [3.63, 3.8) is 0 Å². The second-order valence-electron chi connectivity index (χ2n) is 5.46. The Morgan fingerprint density at radius 2 is 2.11 bits per heavy atom. The van der Waals surface area contributed by atoms with E-state index in [4.69, 9.17) is 15.0 Å². The lowest BCUT2D eigenvalue weighted by atomic mass is 10.1. The summed E-state index contributed by atoms with van der Waals surface area (Å²) in [5.41, 5.74) is 0.388. The van der Waals surface area contributed by atoms with Gasteiger partial charge in [0.1, 0.15) is 23.6 Å². The van der Waals surface area contributed by atoms with Gasteiger partial charge in [-0.3, -0.25) is 19.2 Å². The number of hydrogen-bond donors (Lipinski definition) is 0. The van der Waals surface area contributed by atoms with E-state index < -0.39 is 24.0 Å². The number of pyridine rings is 3. The van der Waals surface area contributed by atoms with Gasteiger partial charge < -0.3 is 9.47 Å². The van der Waals surface area contributed by atoms with Gasteiger partial charge in [-0.25, -0.2) is 0 Å². The number of methoxy groups -OCH3 is 1. The van der Waals surface area contributed by atoms with Crippen LogP contribution in [0.25, 0.3) is 5.65 Å². The number of ether oxygens (including phenoxy) is 2. The monoisotopic (exact) mass is 365 g/mol. The highest BCUT2D eigenvalue weighted by Crippen LogP contribution is 2.26. The predicted octanol–water partition coefficient (Wildman–Crippen LogP) is 2.75. The highest BCUT2D eigenvalue weighted by atomic mass is 16.5. The SMILES string of the molecule is [2H]c1nc(CC(=O)c2cc(Oc3cncc(OC)c3)cn3cnnc23)c([2H])c([2H])c1[2H]. The molecule has 0 atom stereocenters. The summed E-state index contributed by atoms with van der Waals surface area (Å²) < 4.78 is 43.4. The normalized spacial score (nSPS) is 12.8. The van der Waals surface area contributed by atoms with E-state index in [1.807, 2.05) is 0 Å². The van der Waals surface area contributed by atoms with E-state index in [-0.39, 0.29) is 29.4 Å². The van der Waals surface area contributed by atoms with Crippen LogP contribution in [0.4, 0.5) is 0 Å². The molecular formula is C19H15N5O3. The van der Waals surface area contributed by atoms with Gasteiger partial charge >= 0.3 is 0 Å². The molecule has 8 nitrogen and oxygen atoms in total. The van der Waals surface area contributed by atoms with Gasteiger partial charge in [-0.15, -0.1) is 10.2 Å². The third-order valence-electron chi connectivity index (χ3n) is 3.67. The van der Waals surface area contributed by atoms with Crippen LogP contribution >= 0.6 is 0 Å². The van der Waals surface area contributed by atoms with Crippen LogP contribution in [0.3, 0.4) is 0 Å². The Morgan fingerprint density at radius 1 is 1.22 bits per heavy atom. The van der Waals surface area contributed by atoms with Gasteiger partial charge in [-0.05, 0) is 18.2 Å². The Morgan fingerprint density at radius 3 is 3.00 bits per heavy atom. The molecule has 27 heavy (non-hydrogen) atoms. The number of carbonyl (C=O) groups is 1. The first kappa shape index (κ1) is 12.5. The Hall–Kier alpha value is -3.81. The molecular weight excluding hydrogens is 346 g/mol. The Balaban J connectivity index is 1.70. The lowest BCUT2D eigenvalue weighted by Gasteiger charge is -2.09. The van der Waals surface area contributed by atoms with Gasteiger partial charge in [-0.2, -0.15) is 0 Å². The summed E-state index contributed by atoms with van der Waals surface area (Å²) in [5, 5.41) is 7.78. The van der Waals surface area contributed by atoms with Crippen molar-refractivity contribution in [2.24, 2.45) is 0 Å². The molecule has 0 amide bonds. The minimum Gasteiger partial charge on any atom is -0.495 e. The summed E-state index contributed by atoms with van der Waals surface area (Å²) in [6, 6.07) is 1.86. The molecule has 4 aromatic rings. The molecule has 0 N–H and O–H groups in total. The average molecular weight is 365 g/mol. The zero-order valence-electron chi connectivity index (χ0n) is 18.1. The molecule has 4 aromatic heterocycles. The van der Waals surface area contributed by atoms with Crippen molar-refractivity contribution in [3.8, 4) is 17.2 Å². The van der Waals surface area contributed by atoms with Crippen LogP contribution in [0, 0.1) is 0 Å². The lowest BCUT2D eigenvalue weighted by molar-refractivity contribution is 0.0992. The number of hydrogen-bond acceptors (Lipinski definition) is 7. The van der Waals surface area contributed by atoms with E-state index >= 15 is 0 Å². The minimum absolute atomic E-state index is 0.0583. The van der Waals surface area contributed by atoms with Crippen LogP contribution in [0.15, 0.2) is 61.4 Å². The highest BCUT2D eigenvalue weighted by molar-refractivity contribution is 6.02. The number of fused-ring (bicyclic) bond motifs is 1. The van der Waals surface area contributed by atoms with Gasteiger partial charge in [0.2, 0.25) is 0 Å². The van der Waals surface area contributed by atoms with Crippen molar-refractivity contribution in [3.05, 3.63) is 72.6 Å². The Labute approximate surface area is 160 Å². The standard InChI is InChI=1S/C19H15N5O3/c1-26-14-7-15(10-20-9-14)27-16-8-17(19-23-22-12-24(19)11-16)18(25)6-13-4-2-3-5-21-13/h2-5,7-12H,6H2,1H3/i2D,3D,4D,5D. The molecule has 0 spiro atoms. The van der Waals surface area contributed by atoms with Crippen LogP contribution in [0.2, 0.25) is 0 Å². The molecule has 4 rings (SSSR count). The van der Waals surface area contributed by atoms with Gasteiger partial charge in [0.25, 0.3) is 0 Å². The van der Waals surface area contributed by atoms with Crippen LogP contribution in [-0.4, -0.2) is 37.5 Å². The number of nitrogens with zero attached hydrogens (tertiary/aromatic N) is 5. The summed E-state index contributed by atoms with van der Waals surface area (Å²) in [6.45, 7) is 0. The van der Waals surface area contributed by atoms with E-state index in [1.54, 1.807) is 12.3 Å². The summed E-state index contributed by atoms with van der Waals surface area (Å²) >= 11 is 0. The molecule has 0 radical (unpaired) electrons. The van der Waals surface area contributed by atoms with Crippen molar-refractivity contribution in [2.75, 3.05) is 7.11 Å². The predicted molar refractivity (Wildman–Crippen MR) is 96.1 cm³/mol. The first-order valence-electron chi connectivity index (χ1n) is 9.84. The first-order chi connectivity index (χ1) is 14.9. The van der Waals surface area contributed by atoms with Crippen LogP contribution in [0.5, 0.6) is 17.2 Å². The number of rotatable bonds is 6. The van der Waals surface area contributed by atoms with Gasteiger partial charge in [0, 0.05) is 17.9 Å². The maximum atomic E-state index is 13.0. The lowest BCUT2D eigenvalue weighted by Crippen LogP contribution is -2.08. The second-order valence-corrected chi connectivity index (χ2v) is 5.46. The average Bonchev–Trinajstić information content (AvgIpc) is 3.24. The van der Waals surface area contributed by atoms with Crippen LogP contribution < -0.4 is 9.47 Å². The molecule has 0 aliphatic rings. The maximum Gasteiger partial charge on any atom is 0.172 e. The van der Waals surface area contributed by atoms with Crippen LogP contribution in [0.1, 0.15) is 21.5 Å². The molecule has 0 unspecified atom stereocenters. The van der Waals surface area contributed by atoms with E-state index in [1.165, 1.54) is 36.3 Å². The summed E-state index contributed by atoms with van der Waals surface area (Å²) in [5.74, 6) is 0.755. The van der Waals surface area contributed by atoms with Crippen molar-refractivity contribution in [1.82, 2.24) is 24.6 Å². The molecule has 0 saturated heterocycles. The Bertz CT molecular complexity index is 1310. The highest BCUT2D eigenvalue weighted by Gasteiger charge is 2.16. The molecule has 4 heterocycles. The fourth-order valence-corrected chi connectivity index (χ4v) is 2.46. The third-order valence-corrected chi connectivity index (χ3v) is 3.67. The van der Waals surface area contributed by atoms with Gasteiger partial charge in [0.15, 0.2) is 11.4 Å². The molecule has 0 aromatic carbocycles. The van der Waals surface area contributed by atoms with Crippen molar-refractivity contribution in [2.45, 2.75) is 6.42 Å². The minimum atomic E-state index is -0.459. The quantitative estimate of drug-likeness (QED) is 0.485. The molecule has 0 saturated carbocycles. The number of Topliss-reactive ketones (excluding diaryl/α,β-unsaturated/α-hetero) is 1. The maximum absolute atomic E-state index is 13.0. The summed E-state index contributed by atoms with van der Waals surface area (Å²) in [4.78, 5) is 20.9. The van der Waals surface area contributed by atoms with Crippen molar-refractivity contribution < 1.29 is 19.8 Å². The van der Waals surface area contributed by atoms with E-state index in [9.17, 15) is 4.79 Å². The van der Waals surface area contributed by atoms with Crippen LogP contribution in [-0.2, 0) is 6.42 Å². The van der Waals surface area contributed by atoms with Crippen molar-refractivity contribution >= 4 is 11.4 Å². The van der Waals surface area contributed by atoms with E-state index in [2.05, 4.69) is 20.2 Å². The van der Waals surface area contributed by atoms with E-state index in [0.717, 1.165) is 0 Å². The Kier molecular flexibility index (Phi) is 3.34. The molecule has 134 valence electrons. The number of aromatic nitrogens is 5. The topological polar surface area (TPSA) is 91.5 Å². The molecule has 0 fully saturated rings. The van der Waals surface area contributed by atoms with Crippen molar-refractivity contribution in [1.29, 1.82) is 0 Å². The number of carbonyl (C=O) groups excluding carboxylic acids is 1. The van der Waals surface area contributed by atoms with E-state index in [0.29, 0.717) is 17.2 Å². The smallest absolute Gasteiger partial charge is 0.172 e. The first-order valence-corrected chi connectivity index (χ1v) is 7.84. The fraction of sp³-hybridized carbons (Fsp3) is 0.105. The third kappa shape index (κ3) is 3.59. The summed E-state index contributed by atoms with van der Waals surface area (Å²) in [6.07, 6.45) is 5.22. The van der Waals surface area contributed by atoms with Gasteiger partial charge in [0.05, 0.1) is 43.2 Å². The van der Waals surface area contributed by atoms with Gasteiger partial charge in [-0.1, -0.05) is 6.04 Å². The zero-order valence-corrected chi connectivity index (χ0v) is 14.1. The number of ketones is 1. The molecule has 0 aliphatic carbocycles. The molecule has 8 heteroatoms. The summed E-state index contributed by atoms with van der Waals surface area (Å²) in [7, 11) is 1.51. The molecule has 0 aliphatic heterocycles. The largest absolute Gasteiger partial charge is 0.495 e. The fourth-order valence-electron chi connectivity index (χ4n) is 2.46. The zero-order chi connectivity index (χ0) is 22.1.